The molecule has 0 aromatic rings. The Morgan fingerprint density at radius 1 is 1.45 bits per heavy atom. The van der Waals surface area contributed by atoms with Crippen LogP contribution in [0.2, 0.25) is 0 Å². The second kappa shape index (κ2) is 4.07. The van der Waals surface area contributed by atoms with E-state index in [0.29, 0.717) is 12.1 Å². The number of hydrogen-bond acceptors (Lipinski definition) is 2. The van der Waals surface area contributed by atoms with Crippen molar-refractivity contribution >= 4 is 0 Å². The Kier molecular flexibility index (Phi) is 3.34. The molecule has 0 amide bonds. The quantitative estimate of drug-likeness (QED) is 0.613. The van der Waals surface area contributed by atoms with Crippen molar-refractivity contribution in [3.05, 3.63) is 0 Å². The first-order chi connectivity index (χ1) is 5.24. The van der Waals surface area contributed by atoms with Gasteiger partial charge in [-0.2, -0.15) is 0 Å². The molecule has 0 unspecified atom stereocenters. The first-order valence-corrected chi connectivity index (χ1v) is 4.59. The highest BCUT2D eigenvalue weighted by atomic mass is 16.5. The van der Waals surface area contributed by atoms with Crippen LogP contribution < -0.4 is 0 Å². The molecular weight excluding hydrogens is 138 g/mol. The second-order valence-electron chi connectivity index (χ2n) is 3.54. The first kappa shape index (κ1) is 9.01. The molecule has 0 N–H and O–H groups in total. The van der Waals surface area contributed by atoms with Crippen LogP contribution in [0.15, 0.2) is 0 Å². The molecule has 0 bridgehead atoms. The third-order valence-electron chi connectivity index (χ3n) is 2.16. The van der Waals surface area contributed by atoms with E-state index >= 15 is 0 Å². The summed E-state index contributed by atoms with van der Waals surface area (Å²) in [6.07, 6.45) is 1.66. The van der Waals surface area contributed by atoms with Crippen molar-refractivity contribution in [2.45, 2.75) is 39.3 Å². The maximum absolute atomic E-state index is 5.57. The third kappa shape index (κ3) is 2.46. The van der Waals surface area contributed by atoms with Crippen LogP contribution in [0.5, 0.6) is 0 Å². The standard InChI is InChI=1S/C9H19NO/c1-4-5-11-9-6-10(7-9)8(2)3/h8-9H,4-7H2,1-3H3. The molecule has 0 aromatic heterocycles. The zero-order chi connectivity index (χ0) is 8.27. The Balaban J connectivity index is 2.00. The fourth-order valence-corrected chi connectivity index (χ4v) is 1.28. The van der Waals surface area contributed by atoms with Gasteiger partial charge >= 0.3 is 0 Å². The molecule has 0 aromatic carbocycles. The van der Waals surface area contributed by atoms with Crippen molar-refractivity contribution in [2.75, 3.05) is 19.7 Å². The molecule has 0 spiro atoms. The molecule has 1 rings (SSSR count). The van der Waals surface area contributed by atoms with E-state index in [9.17, 15) is 0 Å². The van der Waals surface area contributed by atoms with Crippen molar-refractivity contribution in [3.63, 3.8) is 0 Å². The van der Waals surface area contributed by atoms with E-state index < -0.39 is 0 Å². The van der Waals surface area contributed by atoms with Gasteiger partial charge in [0, 0.05) is 25.7 Å². The van der Waals surface area contributed by atoms with Gasteiger partial charge in [-0.3, -0.25) is 4.90 Å². The van der Waals surface area contributed by atoms with Crippen LogP contribution >= 0.6 is 0 Å². The van der Waals surface area contributed by atoms with E-state index in [-0.39, 0.29) is 0 Å². The summed E-state index contributed by atoms with van der Waals surface area (Å²) >= 11 is 0. The highest BCUT2D eigenvalue weighted by Crippen LogP contribution is 2.14. The number of hydrogen-bond donors (Lipinski definition) is 0. The second-order valence-corrected chi connectivity index (χ2v) is 3.54. The maximum Gasteiger partial charge on any atom is 0.0828 e. The lowest BCUT2D eigenvalue weighted by atomic mass is 10.1. The lowest BCUT2D eigenvalue weighted by Crippen LogP contribution is -2.54. The molecule has 1 aliphatic heterocycles. The van der Waals surface area contributed by atoms with E-state index in [1.54, 1.807) is 0 Å². The lowest BCUT2D eigenvalue weighted by molar-refractivity contribution is -0.0660. The molecule has 1 fully saturated rings. The van der Waals surface area contributed by atoms with Crippen LogP contribution in [0, 0.1) is 0 Å². The van der Waals surface area contributed by atoms with Crippen molar-refractivity contribution < 1.29 is 4.74 Å². The van der Waals surface area contributed by atoms with Gasteiger partial charge in [-0.05, 0) is 20.3 Å². The van der Waals surface area contributed by atoms with Crippen molar-refractivity contribution in [2.24, 2.45) is 0 Å². The maximum atomic E-state index is 5.57. The van der Waals surface area contributed by atoms with Gasteiger partial charge in [0.1, 0.15) is 0 Å². The highest BCUT2D eigenvalue weighted by Gasteiger charge is 2.28. The number of likely N-dealkylation sites (tertiary alicyclic amines) is 1. The lowest BCUT2D eigenvalue weighted by Gasteiger charge is -2.41. The number of ether oxygens (including phenoxy) is 1. The summed E-state index contributed by atoms with van der Waals surface area (Å²) in [6, 6.07) is 0.691. The van der Waals surface area contributed by atoms with Crippen LogP contribution in [-0.4, -0.2) is 36.7 Å². The van der Waals surface area contributed by atoms with Gasteiger partial charge in [0.25, 0.3) is 0 Å². The molecule has 66 valence electrons. The molecular formula is C9H19NO. The van der Waals surface area contributed by atoms with Crippen molar-refractivity contribution in [1.29, 1.82) is 0 Å². The largest absolute Gasteiger partial charge is 0.376 e. The molecule has 2 nitrogen and oxygen atoms in total. The third-order valence-corrected chi connectivity index (χ3v) is 2.16. The normalized spacial score (nSPS) is 20.7. The summed E-state index contributed by atoms with van der Waals surface area (Å²) in [5.74, 6) is 0. The molecule has 0 atom stereocenters. The van der Waals surface area contributed by atoms with E-state index in [4.69, 9.17) is 4.74 Å². The summed E-state index contributed by atoms with van der Waals surface area (Å²) in [5, 5.41) is 0. The molecule has 0 radical (unpaired) electrons. The Hall–Kier alpha value is -0.0800. The van der Waals surface area contributed by atoms with Crippen LogP contribution in [-0.2, 0) is 4.74 Å². The number of nitrogens with zero attached hydrogens (tertiary/aromatic N) is 1. The van der Waals surface area contributed by atoms with E-state index in [2.05, 4.69) is 25.7 Å². The molecule has 1 saturated heterocycles. The Bertz CT molecular complexity index is 108. The van der Waals surface area contributed by atoms with Crippen LogP contribution in [0.25, 0.3) is 0 Å². The molecule has 0 aliphatic carbocycles. The van der Waals surface area contributed by atoms with Gasteiger partial charge in [-0.25, -0.2) is 0 Å². The van der Waals surface area contributed by atoms with Gasteiger partial charge in [-0.15, -0.1) is 0 Å². The van der Waals surface area contributed by atoms with Gasteiger partial charge < -0.3 is 4.74 Å². The highest BCUT2D eigenvalue weighted by molar-refractivity contribution is 4.82. The summed E-state index contributed by atoms with van der Waals surface area (Å²) in [7, 11) is 0. The SMILES string of the molecule is CCCOC1CN(C(C)C)C1. The minimum Gasteiger partial charge on any atom is -0.376 e. The zero-order valence-electron chi connectivity index (χ0n) is 7.84. The van der Waals surface area contributed by atoms with Gasteiger partial charge in [0.2, 0.25) is 0 Å². The average molecular weight is 157 g/mol. The molecule has 11 heavy (non-hydrogen) atoms. The first-order valence-electron chi connectivity index (χ1n) is 4.59. The van der Waals surface area contributed by atoms with Crippen molar-refractivity contribution in [3.8, 4) is 0 Å². The Morgan fingerprint density at radius 2 is 2.09 bits per heavy atom. The smallest absolute Gasteiger partial charge is 0.0828 e. The summed E-state index contributed by atoms with van der Waals surface area (Å²) in [4.78, 5) is 2.43. The van der Waals surface area contributed by atoms with Crippen LogP contribution in [0.4, 0.5) is 0 Å². The van der Waals surface area contributed by atoms with Gasteiger partial charge in [0.15, 0.2) is 0 Å². The van der Waals surface area contributed by atoms with E-state index in [1.807, 2.05) is 0 Å². The Morgan fingerprint density at radius 3 is 2.55 bits per heavy atom. The fourth-order valence-electron chi connectivity index (χ4n) is 1.28. The summed E-state index contributed by atoms with van der Waals surface area (Å²) in [5.41, 5.74) is 0. The molecule has 0 saturated carbocycles. The minimum atomic E-state index is 0.525. The predicted octanol–water partition coefficient (Wildman–Crippen LogP) is 1.51. The van der Waals surface area contributed by atoms with E-state index in [0.717, 1.165) is 26.1 Å². The molecule has 1 aliphatic rings. The van der Waals surface area contributed by atoms with Gasteiger partial charge in [0.05, 0.1) is 6.10 Å². The topological polar surface area (TPSA) is 12.5 Å². The molecule has 1 heterocycles. The summed E-state index contributed by atoms with van der Waals surface area (Å²) < 4.78 is 5.57. The predicted molar refractivity (Wildman–Crippen MR) is 46.7 cm³/mol. The van der Waals surface area contributed by atoms with Crippen LogP contribution in [0.3, 0.4) is 0 Å². The monoisotopic (exact) mass is 157 g/mol. The molecule has 2 heteroatoms. The average Bonchev–Trinajstić information content (AvgIpc) is 1.84. The Labute approximate surface area is 69.5 Å². The van der Waals surface area contributed by atoms with Crippen molar-refractivity contribution in [1.82, 2.24) is 4.90 Å². The number of rotatable bonds is 4. The van der Waals surface area contributed by atoms with Crippen LogP contribution in [0.1, 0.15) is 27.2 Å². The van der Waals surface area contributed by atoms with E-state index in [1.165, 1.54) is 0 Å². The summed E-state index contributed by atoms with van der Waals surface area (Å²) in [6.45, 7) is 9.82. The zero-order valence-corrected chi connectivity index (χ0v) is 7.84. The fraction of sp³-hybridized carbons (Fsp3) is 1.00. The van der Waals surface area contributed by atoms with Gasteiger partial charge in [-0.1, -0.05) is 6.92 Å². The minimum absolute atomic E-state index is 0.525.